The lowest BCUT2D eigenvalue weighted by Crippen LogP contribution is -2.45. The fourth-order valence-corrected chi connectivity index (χ4v) is 1.86. The number of nitrogens with zero attached hydrogens (tertiary/aromatic N) is 3. The van der Waals surface area contributed by atoms with Gasteiger partial charge in [0.05, 0.1) is 12.6 Å². The highest BCUT2D eigenvalue weighted by Gasteiger charge is 2.38. The maximum absolute atomic E-state index is 10.2. The summed E-state index contributed by atoms with van der Waals surface area (Å²) in [5.41, 5.74) is -0.751. The van der Waals surface area contributed by atoms with Gasteiger partial charge in [0.25, 0.3) is 0 Å². The summed E-state index contributed by atoms with van der Waals surface area (Å²) in [5, 5.41) is 21.2. The van der Waals surface area contributed by atoms with E-state index in [9.17, 15) is 5.11 Å². The van der Waals surface area contributed by atoms with E-state index in [1.807, 2.05) is 18.5 Å². The van der Waals surface area contributed by atoms with Crippen LogP contribution in [0.5, 0.6) is 0 Å². The van der Waals surface area contributed by atoms with Gasteiger partial charge in [-0.3, -0.25) is 0 Å². The van der Waals surface area contributed by atoms with Crippen LogP contribution in [0.4, 0.5) is 0 Å². The van der Waals surface area contributed by atoms with Crippen molar-refractivity contribution in [2.45, 2.75) is 31.6 Å². The van der Waals surface area contributed by atoms with Crippen LogP contribution in [0.25, 0.3) is 0 Å². The van der Waals surface area contributed by atoms with E-state index in [2.05, 4.69) is 15.5 Å². The highest BCUT2D eigenvalue weighted by molar-refractivity contribution is 4.92. The van der Waals surface area contributed by atoms with Crippen LogP contribution >= 0.6 is 0 Å². The minimum Gasteiger partial charge on any atom is -0.386 e. The zero-order valence-corrected chi connectivity index (χ0v) is 9.68. The summed E-state index contributed by atoms with van der Waals surface area (Å²) in [4.78, 5) is 0. The molecule has 2 N–H and O–H groups in total. The molecule has 1 aliphatic heterocycles. The Morgan fingerprint density at radius 3 is 3.12 bits per heavy atom. The van der Waals surface area contributed by atoms with Crippen LogP contribution in [0.1, 0.15) is 19.2 Å². The Bertz CT molecular complexity index is 354. The van der Waals surface area contributed by atoms with Gasteiger partial charge in [0, 0.05) is 26.6 Å². The second kappa shape index (κ2) is 4.48. The monoisotopic (exact) mass is 226 g/mol. The average Bonchev–Trinajstić information content (AvgIpc) is 2.77. The van der Waals surface area contributed by atoms with E-state index in [-0.39, 0.29) is 6.10 Å². The van der Waals surface area contributed by atoms with E-state index in [1.165, 1.54) is 0 Å². The van der Waals surface area contributed by atoms with Crippen molar-refractivity contribution in [3.63, 3.8) is 0 Å². The molecule has 6 heteroatoms. The van der Waals surface area contributed by atoms with Crippen LogP contribution in [0.2, 0.25) is 0 Å². The number of hydrogen-bond donors (Lipinski definition) is 2. The van der Waals surface area contributed by atoms with E-state index in [4.69, 9.17) is 4.74 Å². The second-order valence-corrected chi connectivity index (χ2v) is 4.33. The predicted molar refractivity (Wildman–Crippen MR) is 57.7 cm³/mol. The van der Waals surface area contributed by atoms with Crippen LogP contribution in [0, 0.1) is 0 Å². The molecule has 1 saturated heterocycles. The van der Waals surface area contributed by atoms with Crippen molar-refractivity contribution in [3.05, 3.63) is 12.2 Å². The van der Waals surface area contributed by atoms with Gasteiger partial charge in [-0.2, -0.15) is 0 Å². The number of nitrogens with one attached hydrogen (secondary N) is 1. The Morgan fingerprint density at radius 2 is 2.56 bits per heavy atom. The molecular weight excluding hydrogens is 208 g/mol. The minimum absolute atomic E-state index is 0.112. The molecule has 1 aromatic heterocycles. The zero-order chi connectivity index (χ0) is 11.6. The molecular formula is C10H18N4O2. The summed E-state index contributed by atoms with van der Waals surface area (Å²) < 4.78 is 7.21. The molecule has 2 unspecified atom stereocenters. The first-order valence-corrected chi connectivity index (χ1v) is 5.49. The van der Waals surface area contributed by atoms with E-state index in [0.717, 1.165) is 5.82 Å². The van der Waals surface area contributed by atoms with Crippen LogP contribution < -0.4 is 5.32 Å². The lowest BCUT2D eigenvalue weighted by molar-refractivity contribution is -0.0264. The Kier molecular flexibility index (Phi) is 3.22. The molecule has 2 heterocycles. The van der Waals surface area contributed by atoms with Gasteiger partial charge in [-0.1, -0.05) is 0 Å². The predicted octanol–water partition coefficient (Wildman–Crippen LogP) is -0.555. The van der Waals surface area contributed by atoms with Crippen molar-refractivity contribution >= 4 is 0 Å². The van der Waals surface area contributed by atoms with E-state index >= 15 is 0 Å². The molecule has 1 aliphatic rings. The second-order valence-electron chi connectivity index (χ2n) is 4.33. The van der Waals surface area contributed by atoms with Crippen molar-refractivity contribution in [1.82, 2.24) is 20.1 Å². The molecule has 0 saturated carbocycles. The van der Waals surface area contributed by atoms with Crippen LogP contribution in [0.15, 0.2) is 6.33 Å². The third kappa shape index (κ3) is 2.23. The number of hydrogen-bond acceptors (Lipinski definition) is 5. The summed E-state index contributed by atoms with van der Waals surface area (Å²) >= 11 is 0. The highest BCUT2D eigenvalue weighted by atomic mass is 16.5. The molecule has 1 aromatic rings. The van der Waals surface area contributed by atoms with Gasteiger partial charge in [0.2, 0.25) is 0 Å². The fourth-order valence-electron chi connectivity index (χ4n) is 1.86. The van der Waals surface area contributed by atoms with Crippen molar-refractivity contribution in [2.24, 2.45) is 7.05 Å². The first-order chi connectivity index (χ1) is 7.62. The SMILES string of the molecule is CC1OCCC1(O)CNCc1nncn1C. The van der Waals surface area contributed by atoms with E-state index in [0.29, 0.717) is 26.1 Å². The maximum atomic E-state index is 10.2. The standard InChI is InChI=1S/C10H18N4O2/c1-8-10(15,3-4-16-8)6-11-5-9-13-12-7-14(9)2/h7-8,11,15H,3-6H2,1-2H3. The summed E-state index contributed by atoms with van der Waals surface area (Å²) in [7, 11) is 1.90. The molecule has 2 atom stereocenters. The largest absolute Gasteiger partial charge is 0.386 e. The number of rotatable bonds is 4. The van der Waals surface area contributed by atoms with Gasteiger partial charge in [0.1, 0.15) is 17.8 Å². The van der Waals surface area contributed by atoms with Crippen LogP contribution in [-0.4, -0.2) is 44.7 Å². The Hall–Kier alpha value is -0.980. The van der Waals surface area contributed by atoms with Crippen molar-refractivity contribution in [2.75, 3.05) is 13.2 Å². The van der Waals surface area contributed by atoms with Gasteiger partial charge >= 0.3 is 0 Å². The molecule has 6 nitrogen and oxygen atoms in total. The van der Waals surface area contributed by atoms with E-state index in [1.54, 1.807) is 6.33 Å². The molecule has 0 aliphatic carbocycles. The van der Waals surface area contributed by atoms with Gasteiger partial charge in [-0.15, -0.1) is 10.2 Å². The molecule has 0 spiro atoms. The normalized spacial score (nSPS) is 29.8. The third-order valence-corrected chi connectivity index (χ3v) is 3.18. The van der Waals surface area contributed by atoms with Crippen LogP contribution in [0.3, 0.4) is 0 Å². The summed E-state index contributed by atoms with van der Waals surface area (Å²) in [6.07, 6.45) is 2.23. The summed E-state index contributed by atoms with van der Waals surface area (Å²) in [6.45, 7) is 3.65. The topological polar surface area (TPSA) is 72.2 Å². The number of ether oxygens (including phenoxy) is 1. The Balaban J connectivity index is 1.82. The third-order valence-electron chi connectivity index (χ3n) is 3.18. The highest BCUT2D eigenvalue weighted by Crippen LogP contribution is 2.24. The number of aryl methyl sites for hydroxylation is 1. The van der Waals surface area contributed by atoms with Gasteiger partial charge in [-0.25, -0.2) is 0 Å². The van der Waals surface area contributed by atoms with Crippen molar-refractivity contribution in [1.29, 1.82) is 0 Å². The first-order valence-electron chi connectivity index (χ1n) is 5.49. The molecule has 16 heavy (non-hydrogen) atoms. The lowest BCUT2D eigenvalue weighted by atomic mass is 9.97. The Labute approximate surface area is 94.6 Å². The molecule has 0 bridgehead atoms. The van der Waals surface area contributed by atoms with Gasteiger partial charge in [0.15, 0.2) is 0 Å². The molecule has 90 valence electrons. The van der Waals surface area contributed by atoms with Crippen molar-refractivity contribution in [3.8, 4) is 0 Å². The van der Waals surface area contributed by atoms with E-state index < -0.39 is 5.60 Å². The molecule has 0 aromatic carbocycles. The van der Waals surface area contributed by atoms with Crippen molar-refractivity contribution < 1.29 is 9.84 Å². The summed E-state index contributed by atoms with van der Waals surface area (Å²) in [5.74, 6) is 0.857. The first kappa shape index (κ1) is 11.5. The Morgan fingerprint density at radius 1 is 1.75 bits per heavy atom. The minimum atomic E-state index is -0.751. The molecule has 0 radical (unpaired) electrons. The van der Waals surface area contributed by atoms with Gasteiger partial charge in [-0.05, 0) is 6.92 Å². The quantitative estimate of drug-likeness (QED) is 0.720. The average molecular weight is 226 g/mol. The van der Waals surface area contributed by atoms with Gasteiger partial charge < -0.3 is 19.7 Å². The summed E-state index contributed by atoms with van der Waals surface area (Å²) in [6, 6.07) is 0. The molecule has 1 fully saturated rings. The molecule has 0 amide bonds. The maximum Gasteiger partial charge on any atom is 0.146 e. The fraction of sp³-hybridized carbons (Fsp3) is 0.800. The molecule has 2 rings (SSSR count). The smallest absolute Gasteiger partial charge is 0.146 e. The number of aromatic nitrogens is 3. The number of aliphatic hydroxyl groups is 1. The van der Waals surface area contributed by atoms with Crippen LogP contribution in [-0.2, 0) is 18.3 Å². The lowest BCUT2D eigenvalue weighted by Gasteiger charge is -2.26. The zero-order valence-electron chi connectivity index (χ0n) is 9.68.